The molecule has 0 aliphatic rings. The summed E-state index contributed by atoms with van der Waals surface area (Å²) < 4.78 is 8.01. The van der Waals surface area contributed by atoms with E-state index in [2.05, 4.69) is 31.1 Å². The molecule has 0 saturated heterocycles. The van der Waals surface area contributed by atoms with Crippen LogP contribution < -0.4 is 0 Å². The quantitative estimate of drug-likeness (QED) is 0.869. The summed E-state index contributed by atoms with van der Waals surface area (Å²) in [4.78, 5) is 2.16. The van der Waals surface area contributed by atoms with Crippen molar-refractivity contribution < 1.29 is 4.52 Å². The number of aryl methyl sites for hydroxylation is 2. The van der Waals surface area contributed by atoms with Crippen molar-refractivity contribution in [2.45, 2.75) is 27.1 Å². The zero-order chi connectivity index (χ0) is 12.4. The molecule has 2 heterocycles. The van der Waals surface area contributed by atoms with Crippen LogP contribution in [0.1, 0.15) is 17.0 Å². The predicted molar refractivity (Wildman–Crippen MR) is 67.4 cm³/mol. The van der Waals surface area contributed by atoms with Gasteiger partial charge in [0.1, 0.15) is 5.76 Å². The zero-order valence-electron chi connectivity index (χ0n) is 10.1. The highest BCUT2D eigenvalue weighted by molar-refractivity contribution is 9.10. The fourth-order valence-corrected chi connectivity index (χ4v) is 2.04. The minimum absolute atomic E-state index is 0.732. The van der Waals surface area contributed by atoms with Gasteiger partial charge in [-0.1, -0.05) is 5.16 Å². The highest BCUT2D eigenvalue weighted by Crippen LogP contribution is 2.14. The Kier molecular flexibility index (Phi) is 3.63. The van der Waals surface area contributed by atoms with E-state index in [-0.39, 0.29) is 0 Å². The average Bonchev–Trinajstić information content (AvgIpc) is 2.79. The molecule has 0 radical (unpaired) electrons. The lowest BCUT2D eigenvalue weighted by Crippen LogP contribution is -2.22. The Balaban J connectivity index is 2.00. The van der Waals surface area contributed by atoms with E-state index in [0.29, 0.717) is 0 Å². The summed E-state index contributed by atoms with van der Waals surface area (Å²) in [5.41, 5.74) is 2.11. The summed E-state index contributed by atoms with van der Waals surface area (Å²) in [6, 6.07) is 0. The van der Waals surface area contributed by atoms with Crippen LogP contribution in [0.5, 0.6) is 0 Å². The first kappa shape index (κ1) is 12.3. The van der Waals surface area contributed by atoms with Crippen LogP contribution in [-0.4, -0.2) is 26.9 Å². The van der Waals surface area contributed by atoms with Crippen LogP contribution in [0.2, 0.25) is 0 Å². The number of rotatable bonds is 4. The smallest absolute Gasteiger partial charge is 0.138 e. The molecule has 5 nitrogen and oxygen atoms in total. The van der Waals surface area contributed by atoms with Crippen LogP contribution >= 0.6 is 15.9 Å². The average molecular weight is 299 g/mol. The van der Waals surface area contributed by atoms with Crippen molar-refractivity contribution >= 4 is 15.9 Å². The van der Waals surface area contributed by atoms with E-state index in [4.69, 9.17) is 4.52 Å². The molecular formula is C11H15BrN4O. The van der Waals surface area contributed by atoms with Gasteiger partial charge in [0.15, 0.2) is 0 Å². The minimum Gasteiger partial charge on any atom is -0.361 e. The highest BCUT2D eigenvalue weighted by atomic mass is 79.9. The maximum Gasteiger partial charge on any atom is 0.138 e. The normalized spacial score (nSPS) is 11.4. The maximum atomic E-state index is 5.14. The van der Waals surface area contributed by atoms with Crippen molar-refractivity contribution in [3.05, 3.63) is 33.9 Å². The number of aromatic nitrogens is 3. The van der Waals surface area contributed by atoms with E-state index in [0.717, 1.165) is 34.7 Å². The number of hydrogen-bond acceptors (Lipinski definition) is 4. The Bertz CT molecular complexity index is 486. The zero-order valence-corrected chi connectivity index (χ0v) is 11.7. The summed E-state index contributed by atoms with van der Waals surface area (Å²) in [6.45, 7) is 5.44. The molecule has 2 aromatic heterocycles. The Morgan fingerprint density at radius 3 is 2.76 bits per heavy atom. The molecule has 6 heteroatoms. The first-order valence-corrected chi connectivity index (χ1v) is 6.14. The lowest BCUT2D eigenvalue weighted by molar-refractivity contribution is 0.244. The molecule has 0 saturated carbocycles. The van der Waals surface area contributed by atoms with E-state index < -0.39 is 0 Å². The Morgan fingerprint density at radius 1 is 1.47 bits per heavy atom. The molecule has 92 valence electrons. The van der Waals surface area contributed by atoms with Gasteiger partial charge >= 0.3 is 0 Å². The fraction of sp³-hybridized carbons (Fsp3) is 0.455. The van der Waals surface area contributed by atoms with Gasteiger partial charge in [-0.25, -0.2) is 0 Å². The van der Waals surface area contributed by atoms with Gasteiger partial charge < -0.3 is 4.52 Å². The molecule has 0 aliphatic heterocycles. The molecule has 0 spiro atoms. The van der Waals surface area contributed by atoms with Gasteiger partial charge in [0.2, 0.25) is 0 Å². The molecule has 0 aliphatic carbocycles. The van der Waals surface area contributed by atoms with Crippen molar-refractivity contribution in [3.63, 3.8) is 0 Å². The summed E-state index contributed by atoms with van der Waals surface area (Å²) in [5.74, 6) is 0.885. The van der Waals surface area contributed by atoms with Gasteiger partial charge in [-0.3, -0.25) is 9.58 Å². The van der Waals surface area contributed by atoms with E-state index in [1.54, 1.807) is 6.20 Å². The Morgan fingerprint density at radius 2 is 2.24 bits per heavy atom. The van der Waals surface area contributed by atoms with Crippen molar-refractivity contribution in [1.29, 1.82) is 0 Å². The third-order valence-electron chi connectivity index (χ3n) is 2.60. The lowest BCUT2D eigenvalue weighted by Gasteiger charge is -2.16. The van der Waals surface area contributed by atoms with Gasteiger partial charge in [-0.2, -0.15) is 5.10 Å². The topological polar surface area (TPSA) is 47.1 Å². The van der Waals surface area contributed by atoms with Crippen molar-refractivity contribution in [1.82, 2.24) is 19.8 Å². The fourth-order valence-electron chi connectivity index (χ4n) is 1.71. The van der Waals surface area contributed by atoms with Crippen LogP contribution in [0.25, 0.3) is 0 Å². The molecule has 0 N–H and O–H groups in total. The molecule has 2 aromatic rings. The SMILES string of the molecule is Cc1noc(C)c1CN(C)Cn1cc(Br)cn1. The van der Waals surface area contributed by atoms with Gasteiger partial charge in [0.25, 0.3) is 0 Å². The van der Waals surface area contributed by atoms with E-state index in [1.807, 2.05) is 31.8 Å². The van der Waals surface area contributed by atoms with Crippen molar-refractivity contribution in [3.8, 4) is 0 Å². The third kappa shape index (κ3) is 2.95. The van der Waals surface area contributed by atoms with E-state index >= 15 is 0 Å². The molecule has 17 heavy (non-hydrogen) atoms. The molecule has 2 rings (SSSR count). The Labute approximate surface area is 109 Å². The van der Waals surface area contributed by atoms with Crippen molar-refractivity contribution in [2.24, 2.45) is 0 Å². The molecule has 0 atom stereocenters. The number of hydrogen-bond donors (Lipinski definition) is 0. The molecular weight excluding hydrogens is 284 g/mol. The van der Waals surface area contributed by atoms with Gasteiger partial charge in [-0.05, 0) is 36.8 Å². The van der Waals surface area contributed by atoms with Gasteiger partial charge in [-0.15, -0.1) is 0 Å². The molecule has 0 amide bonds. The third-order valence-corrected chi connectivity index (χ3v) is 3.01. The first-order chi connectivity index (χ1) is 8.06. The lowest BCUT2D eigenvalue weighted by atomic mass is 10.2. The summed E-state index contributed by atoms with van der Waals surface area (Å²) in [7, 11) is 2.04. The second-order valence-electron chi connectivity index (χ2n) is 4.16. The standard InChI is InChI=1S/C11H15BrN4O/c1-8-11(9(2)17-14-8)6-15(3)7-16-5-10(12)4-13-16/h4-5H,6-7H2,1-3H3. The summed E-state index contributed by atoms with van der Waals surface area (Å²) in [5, 5.41) is 8.17. The second kappa shape index (κ2) is 5.01. The van der Waals surface area contributed by atoms with Gasteiger partial charge in [0.05, 0.1) is 23.0 Å². The van der Waals surface area contributed by atoms with Crippen molar-refractivity contribution in [2.75, 3.05) is 7.05 Å². The first-order valence-electron chi connectivity index (χ1n) is 5.34. The minimum atomic E-state index is 0.732. The molecule has 0 bridgehead atoms. The van der Waals surface area contributed by atoms with Crippen LogP contribution in [0.4, 0.5) is 0 Å². The molecule has 0 fully saturated rings. The second-order valence-corrected chi connectivity index (χ2v) is 5.07. The predicted octanol–water partition coefficient (Wildman–Crippen LogP) is 2.34. The van der Waals surface area contributed by atoms with Gasteiger partial charge in [0, 0.05) is 18.3 Å². The largest absolute Gasteiger partial charge is 0.361 e. The summed E-state index contributed by atoms with van der Waals surface area (Å²) in [6.07, 6.45) is 3.73. The Hall–Kier alpha value is -1.14. The van der Waals surface area contributed by atoms with Crippen LogP contribution in [0.15, 0.2) is 21.4 Å². The maximum absolute atomic E-state index is 5.14. The van der Waals surface area contributed by atoms with E-state index in [1.165, 1.54) is 0 Å². The number of nitrogens with zero attached hydrogens (tertiary/aromatic N) is 4. The highest BCUT2D eigenvalue weighted by Gasteiger charge is 2.11. The monoisotopic (exact) mass is 298 g/mol. The number of halogens is 1. The van der Waals surface area contributed by atoms with Crippen LogP contribution in [0.3, 0.4) is 0 Å². The van der Waals surface area contributed by atoms with Crippen LogP contribution in [-0.2, 0) is 13.2 Å². The van der Waals surface area contributed by atoms with E-state index in [9.17, 15) is 0 Å². The molecule has 0 unspecified atom stereocenters. The molecule has 0 aromatic carbocycles. The summed E-state index contributed by atoms with van der Waals surface area (Å²) >= 11 is 3.38. The van der Waals surface area contributed by atoms with Crippen LogP contribution in [0, 0.1) is 13.8 Å².